The lowest BCUT2D eigenvalue weighted by Gasteiger charge is -2.17. The Morgan fingerprint density at radius 1 is 0.833 bits per heavy atom. The molecule has 0 N–H and O–H groups in total. The number of aryl methyl sites for hydroxylation is 1. The number of imide groups is 1. The molecule has 0 saturated heterocycles. The summed E-state index contributed by atoms with van der Waals surface area (Å²) in [5.74, 6) is -0.413. The molecule has 0 aromatic heterocycles. The van der Waals surface area contributed by atoms with Crippen molar-refractivity contribution in [2.75, 3.05) is 24.7 Å². The highest BCUT2D eigenvalue weighted by Gasteiger charge is 2.44. The lowest BCUT2D eigenvalue weighted by Crippen LogP contribution is -2.30. The Balaban J connectivity index is 1.85. The summed E-state index contributed by atoms with van der Waals surface area (Å²) in [5.41, 5.74) is 2.36. The second kappa shape index (κ2) is 10.8. The van der Waals surface area contributed by atoms with Crippen LogP contribution in [0, 0.1) is 6.92 Å². The highest BCUT2D eigenvalue weighted by atomic mass is 16.5. The van der Waals surface area contributed by atoms with E-state index in [2.05, 4.69) is 0 Å². The zero-order valence-electron chi connectivity index (χ0n) is 21.2. The molecule has 188 valence electrons. The van der Waals surface area contributed by atoms with Crippen LogP contribution in [0.4, 0.5) is 5.69 Å². The summed E-state index contributed by atoms with van der Waals surface area (Å²) in [6.07, 6.45) is 1.63. The first-order valence-electron chi connectivity index (χ1n) is 12.4. The van der Waals surface area contributed by atoms with Crippen LogP contribution in [0.3, 0.4) is 0 Å². The minimum atomic E-state index is -0.450. The van der Waals surface area contributed by atoms with Gasteiger partial charge in [-0.2, -0.15) is 0 Å². The summed E-state index contributed by atoms with van der Waals surface area (Å²) in [6.45, 7) is 8.68. The number of hydrogen-bond acceptors (Lipinski definition) is 6. The predicted octanol–water partition coefficient (Wildman–Crippen LogP) is 5.63. The van der Waals surface area contributed by atoms with Gasteiger partial charge in [0.15, 0.2) is 0 Å². The van der Waals surface area contributed by atoms with Crippen LogP contribution in [-0.2, 0) is 16.0 Å². The third kappa shape index (κ3) is 4.53. The number of esters is 1. The molecule has 0 aliphatic carbocycles. The van der Waals surface area contributed by atoms with Crippen molar-refractivity contribution in [2.24, 2.45) is 0 Å². The zero-order chi connectivity index (χ0) is 25.8. The molecule has 0 bridgehead atoms. The third-order valence-electron chi connectivity index (χ3n) is 6.01. The van der Waals surface area contributed by atoms with Crippen LogP contribution in [0.2, 0.25) is 0 Å². The molecule has 4 rings (SSSR count). The van der Waals surface area contributed by atoms with Gasteiger partial charge in [0.1, 0.15) is 11.5 Å². The molecule has 0 saturated carbocycles. The van der Waals surface area contributed by atoms with E-state index in [0.717, 1.165) is 29.2 Å². The Bertz CT molecular complexity index is 1260. The second-order valence-corrected chi connectivity index (χ2v) is 8.70. The highest BCUT2D eigenvalue weighted by Crippen LogP contribution is 2.46. The molecule has 0 radical (unpaired) electrons. The molecule has 1 aliphatic heterocycles. The molecule has 36 heavy (non-hydrogen) atoms. The van der Waals surface area contributed by atoms with E-state index in [4.69, 9.17) is 14.2 Å². The topological polar surface area (TPSA) is 82.1 Å². The third-order valence-corrected chi connectivity index (χ3v) is 6.01. The SMILES string of the molecule is CCCOc1c2c(c(OCCC)c3ccccc13)C(=O)N(c1ccc(CC(=O)OCC)cc1C)C2=O. The normalized spacial score (nSPS) is 12.7. The average molecular weight is 490 g/mol. The van der Waals surface area contributed by atoms with Crippen LogP contribution in [-0.4, -0.2) is 37.6 Å². The van der Waals surface area contributed by atoms with E-state index in [1.807, 2.05) is 45.0 Å². The molecule has 3 aromatic rings. The van der Waals surface area contributed by atoms with Gasteiger partial charge >= 0.3 is 5.97 Å². The van der Waals surface area contributed by atoms with Gasteiger partial charge in [0, 0.05) is 10.8 Å². The molecule has 7 heteroatoms. The molecule has 7 nitrogen and oxygen atoms in total. The van der Waals surface area contributed by atoms with Crippen LogP contribution >= 0.6 is 0 Å². The summed E-state index contributed by atoms with van der Waals surface area (Å²) >= 11 is 0. The number of carbonyl (C=O) groups is 3. The maximum atomic E-state index is 13.9. The molecule has 2 amide bonds. The summed E-state index contributed by atoms with van der Waals surface area (Å²) in [7, 11) is 0. The number of carbonyl (C=O) groups excluding carboxylic acids is 3. The van der Waals surface area contributed by atoms with Crippen LogP contribution in [0.5, 0.6) is 11.5 Å². The number of ether oxygens (including phenoxy) is 3. The lowest BCUT2D eigenvalue weighted by molar-refractivity contribution is -0.142. The van der Waals surface area contributed by atoms with Crippen LogP contribution in [0.15, 0.2) is 42.5 Å². The molecule has 3 aromatic carbocycles. The van der Waals surface area contributed by atoms with Gasteiger partial charge in [0.2, 0.25) is 0 Å². The number of benzene rings is 3. The number of fused-ring (bicyclic) bond motifs is 2. The fraction of sp³-hybridized carbons (Fsp3) is 0.345. The first-order chi connectivity index (χ1) is 17.4. The Labute approximate surface area is 210 Å². The second-order valence-electron chi connectivity index (χ2n) is 8.70. The molecular weight excluding hydrogens is 458 g/mol. The number of anilines is 1. The van der Waals surface area contributed by atoms with Crippen LogP contribution in [0.25, 0.3) is 10.8 Å². The fourth-order valence-electron chi connectivity index (χ4n) is 4.48. The summed E-state index contributed by atoms with van der Waals surface area (Å²) in [4.78, 5) is 40.8. The van der Waals surface area contributed by atoms with Crippen molar-refractivity contribution >= 4 is 34.2 Å². The van der Waals surface area contributed by atoms with Crippen molar-refractivity contribution in [2.45, 2.75) is 47.0 Å². The summed E-state index contributed by atoms with van der Waals surface area (Å²) in [5, 5.41) is 1.47. The van der Waals surface area contributed by atoms with Crippen molar-refractivity contribution in [3.63, 3.8) is 0 Å². The summed E-state index contributed by atoms with van der Waals surface area (Å²) in [6, 6.07) is 12.8. The van der Waals surface area contributed by atoms with E-state index in [1.54, 1.807) is 25.1 Å². The van der Waals surface area contributed by atoms with E-state index in [1.165, 1.54) is 4.90 Å². The quantitative estimate of drug-likeness (QED) is 0.271. The first-order valence-corrected chi connectivity index (χ1v) is 12.4. The van der Waals surface area contributed by atoms with Gasteiger partial charge in [-0.25, -0.2) is 4.90 Å². The van der Waals surface area contributed by atoms with Crippen molar-refractivity contribution in [1.82, 2.24) is 0 Å². The lowest BCUT2D eigenvalue weighted by atomic mass is 9.99. The Kier molecular flexibility index (Phi) is 7.58. The number of hydrogen-bond donors (Lipinski definition) is 0. The van der Waals surface area contributed by atoms with E-state index >= 15 is 0 Å². The molecule has 1 aliphatic rings. The van der Waals surface area contributed by atoms with Gasteiger partial charge in [-0.1, -0.05) is 50.2 Å². The number of rotatable bonds is 10. The van der Waals surface area contributed by atoms with Gasteiger partial charge in [-0.15, -0.1) is 0 Å². The van der Waals surface area contributed by atoms with Gasteiger partial charge < -0.3 is 14.2 Å². The van der Waals surface area contributed by atoms with Crippen molar-refractivity contribution in [1.29, 1.82) is 0 Å². The molecule has 0 unspecified atom stereocenters. The monoisotopic (exact) mass is 489 g/mol. The Morgan fingerprint density at radius 2 is 1.39 bits per heavy atom. The zero-order valence-corrected chi connectivity index (χ0v) is 21.2. The van der Waals surface area contributed by atoms with Gasteiger partial charge in [0.05, 0.1) is 43.1 Å². The first kappa shape index (κ1) is 25.2. The molecule has 0 fully saturated rings. The largest absolute Gasteiger partial charge is 0.492 e. The molecule has 0 atom stereocenters. The van der Waals surface area contributed by atoms with Crippen molar-refractivity contribution < 1.29 is 28.6 Å². The number of nitrogens with zero attached hydrogens (tertiary/aromatic N) is 1. The molecule has 1 heterocycles. The summed E-state index contributed by atoms with van der Waals surface area (Å²) < 4.78 is 17.2. The van der Waals surface area contributed by atoms with Crippen molar-refractivity contribution in [3.8, 4) is 11.5 Å². The Morgan fingerprint density at radius 3 is 1.86 bits per heavy atom. The highest BCUT2D eigenvalue weighted by molar-refractivity contribution is 6.38. The van der Waals surface area contributed by atoms with Crippen LogP contribution in [0.1, 0.15) is 65.5 Å². The smallest absolute Gasteiger partial charge is 0.310 e. The minimum absolute atomic E-state index is 0.118. The van der Waals surface area contributed by atoms with Crippen molar-refractivity contribution in [3.05, 3.63) is 64.7 Å². The predicted molar refractivity (Wildman–Crippen MR) is 138 cm³/mol. The van der Waals surface area contributed by atoms with Gasteiger partial charge in [-0.3, -0.25) is 14.4 Å². The fourth-order valence-corrected chi connectivity index (χ4v) is 4.48. The Hall–Kier alpha value is -3.87. The van der Waals surface area contributed by atoms with Gasteiger partial charge in [0.25, 0.3) is 11.8 Å². The van der Waals surface area contributed by atoms with E-state index in [0.29, 0.717) is 42.6 Å². The van der Waals surface area contributed by atoms with E-state index in [9.17, 15) is 14.4 Å². The van der Waals surface area contributed by atoms with E-state index < -0.39 is 11.8 Å². The van der Waals surface area contributed by atoms with Gasteiger partial charge in [-0.05, 0) is 43.9 Å². The maximum Gasteiger partial charge on any atom is 0.310 e. The number of amides is 2. The van der Waals surface area contributed by atoms with E-state index in [-0.39, 0.29) is 23.5 Å². The molecule has 0 spiro atoms. The maximum absolute atomic E-state index is 13.9. The standard InChI is InChI=1S/C29H31NO6/c1-5-14-35-26-20-10-8-9-11-21(20)27(36-15-6-2)25-24(26)28(32)30(29(25)33)22-13-12-19(16-18(22)4)17-23(31)34-7-3/h8-13,16H,5-7,14-15,17H2,1-4H3. The average Bonchev–Trinajstić information content (AvgIpc) is 3.11. The molecular formula is C29H31NO6. The van der Waals surface area contributed by atoms with Crippen LogP contribution < -0.4 is 14.4 Å². The minimum Gasteiger partial charge on any atom is -0.492 e.